The molecule has 1 atom stereocenters. The topological polar surface area (TPSA) is 56.7 Å². The lowest BCUT2D eigenvalue weighted by molar-refractivity contribution is -0.128. The molecule has 0 radical (unpaired) electrons. The normalized spacial score (nSPS) is 16.4. The SMILES string of the molecule is CCNC(=NCC(=O)N1CCCC1)NCC(C)Cc1cccs1. The highest BCUT2D eigenvalue weighted by molar-refractivity contribution is 7.09. The first kappa shape index (κ1) is 17.8. The van der Waals surface area contributed by atoms with Crippen LogP contribution in [-0.2, 0) is 11.2 Å². The summed E-state index contributed by atoms with van der Waals surface area (Å²) in [5.41, 5.74) is 0. The summed E-state index contributed by atoms with van der Waals surface area (Å²) in [6, 6.07) is 4.27. The molecule has 1 saturated heterocycles. The van der Waals surface area contributed by atoms with Crippen molar-refractivity contribution in [3.63, 3.8) is 0 Å². The first-order valence-electron chi connectivity index (χ1n) is 8.51. The van der Waals surface area contributed by atoms with Crippen LogP contribution in [0.4, 0.5) is 0 Å². The van der Waals surface area contributed by atoms with Gasteiger partial charge in [0.1, 0.15) is 6.54 Å². The number of guanidine groups is 1. The fraction of sp³-hybridized carbons (Fsp3) is 0.647. The lowest BCUT2D eigenvalue weighted by atomic mass is 10.1. The summed E-state index contributed by atoms with van der Waals surface area (Å²) in [5.74, 6) is 1.39. The molecule has 2 heterocycles. The average molecular weight is 337 g/mol. The van der Waals surface area contributed by atoms with Crippen LogP contribution in [0.5, 0.6) is 0 Å². The highest BCUT2D eigenvalue weighted by atomic mass is 32.1. The summed E-state index contributed by atoms with van der Waals surface area (Å²) in [6.45, 7) is 7.91. The van der Waals surface area contributed by atoms with Gasteiger partial charge in [0.15, 0.2) is 5.96 Å². The lowest BCUT2D eigenvalue weighted by Gasteiger charge is -2.17. The average Bonchev–Trinajstić information content (AvgIpc) is 3.23. The molecule has 1 amide bonds. The second kappa shape index (κ2) is 9.55. The quantitative estimate of drug-likeness (QED) is 0.592. The number of carbonyl (C=O) groups excluding carboxylic acids is 1. The Morgan fingerprint density at radius 1 is 1.39 bits per heavy atom. The minimum atomic E-state index is 0.131. The van der Waals surface area contributed by atoms with Gasteiger partial charge in [0.25, 0.3) is 0 Å². The van der Waals surface area contributed by atoms with Crippen molar-refractivity contribution >= 4 is 23.2 Å². The van der Waals surface area contributed by atoms with Crippen molar-refractivity contribution in [2.45, 2.75) is 33.1 Å². The lowest BCUT2D eigenvalue weighted by Crippen LogP contribution is -2.40. The van der Waals surface area contributed by atoms with E-state index in [4.69, 9.17) is 0 Å². The third kappa shape index (κ3) is 6.22. The van der Waals surface area contributed by atoms with E-state index in [1.165, 1.54) is 4.88 Å². The van der Waals surface area contributed by atoms with Crippen molar-refractivity contribution in [3.05, 3.63) is 22.4 Å². The Kier molecular flexibility index (Phi) is 7.39. The van der Waals surface area contributed by atoms with E-state index in [-0.39, 0.29) is 12.5 Å². The third-order valence-electron chi connectivity index (χ3n) is 3.92. The molecule has 0 saturated carbocycles. The molecule has 0 bridgehead atoms. The fourth-order valence-corrected chi connectivity index (χ4v) is 3.54. The van der Waals surface area contributed by atoms with Crippen LogP contribution >= 0.6 is 11.3 Å². The fourth-order valence-electron chi connectivity index (χ4n) is 2.67. The van der Waals surface area contributed by atoms with Crippen LogP contribution in [0.15, 0.2) is 22.5 Å². The second-order valence-corrected chi connectivity index (χ2v) is 7.08. The van der Waals surface area contributed by atoms with E-state index >= 15 is 0 Å². The Bertz CT molecular complexity index is 495. The monoisotopic (exact) mass is 336 g/mol. The van der Waals surface area contributed by atoms with Crippen LogP contribution in [0.2, 0.25) is 0 Å². The van der Waals surface area contributed by atoms with Gasteiger partial charge in [-0.25, -0.2) is 4.99 Å². The van der Waals surface area contributed by atoms with Crippen LogP contribution in [0.3, 0.4) is 0 Å². The maximum absolute atomic E-state index is 12.1. The predicted molar refractivity (Wildman–Crippen MR) is 97.0 cm³/mol. The predicted octanol–water partition coefficient (Wildman–Crippen LogP) is 2.10. The number of likely N-dealkylation sites (tertiary alicyclic amines) is 1. The maximum Gasteiger partial charge on any atom is 0.244 e. The number of carbonyl (C=O) groups is 1. The molecule has 5 nitrogen and oxygen atoms in total. The van der Waals surface area contributed by atoms with Crippen LogP contribution in [0, 0.1) is 5.92 Å². The molecule has 0 spiro atoms. The molecule has 1 aromatic heterocycles. The summed E-state index contributed by atoms with van der Waals surface area (Å²) in [5, 5.41) is 8.68. The number of thiophene rings is 1. The molecule has 1 aliphatic rings. The molecule has 2 rings (SSSR count). The van der Waals surface area contributed by atoms with E-state index < -0.39 is 0 Å². The van der Waals surface area contributed by atoms with Crippen LogP contribution < -0.4 is 10.6 Å². The molecular formula is C17H28N4OS. The van der Waals surface area contributed by atoms with Crippen molar-refractivity contribution in [1.29, 1.82) is 0 Å². The highest BCUT2D eigenvalue weighted by Crippen LogP contribution is 2.13. The summed E-state index contributed by atoms with van der Waals surface area (Å²) in [6.07, 6.45) is 3.30. The molecular weight excluding hydrogens is 308 g/mol. The van der Waals surface area contributed by atoms with Gasteiger partial charge in [-0.05, 0) is 43.6 Å². The Morgan fingerprint density at radius 3 is 2.83 bits per heavy atom. The van der Waals surface area contributed by atoms with Gasteiger partial charge < -0.3 is 15.5 Å². The van der Waals surface area contributed by atoms with E-state index in [0.717, 1.165) is 51.4 Å². The Morgan fingerprint density at radius 2 is 2.17 bits per heavy atom. The van der Waals surface area contributed by atoms with Gasteiger partial charge in [-0.3, -0.25) is 4.79 Å². The number of nitrogens with one attached hydrogen (secondary N) is 2. The number of aliphatic imine (C=N–C) groups is 1. The molecule has 128 valence electrons. The summed E-state index contributed by atoms with van der Waals surface area (Å²) in [4.78, 5) is 19.8. The standard InChI is InChI=1S/C17H28N4OS/c1-3-18-17(20-13-16(22)21-8-4-5-9-21)19-12-14(2)11-15-7-6-10-23-15/h6-7,10,14H,3-5,8-9,11-13H2,1-2H3,(H2,18,19,20). The number of rotatable bonds is 7. The Balaban J connectivity index is 1.77. The largest absolute Gasteiger partial charge is 0.357 e. The molecule has 0 aliphatic carbocycles. The minimum Gasteiger partial charge on any atom is -0.357 e. The smallest absolute Gasteiger partial charge is 0.244 e. The Hall–Kier alpha value is -1.56. The molecule has 1 fully saturated rings. The molecule has 1 aliphatic heterocycles. The van der Waals surface area contributed by atoms with Crippen molar-refractivity contribution in [1.82, 2.24) is 15.5 Å². The summed E-state index contributed by atoms with van der Waals surface area (Å²) < 4.78 is 0. The zero-order valence-corrected chi connectivity index (χ0v) is 15.0. The van der Waals surface area contributed by atoms with Gasteiger partial charge in [0.2, 0.25) is 5.91 Å². The first-order chi connectivity index (χ1) is 11.2. The zero-order chi connectivity index (χ0) is 16.5. The van der Waals surface area contributed by atoms with Gasteiger partial charge in [-0.2, -0.15) is 0 Å². The van der Waals surface area contributed by atoms with Crippen molar-refractivity contribution in [2.24, 2.45) is 10.9 Å². The first-order valence-corrected chi connectivity index (χ1v) is 9.39. The van der Waals surface area contributed by atoms with Crippen molar-refractivity contribution in [3.8, 4) is 0 Å². The van der Waals surface area contributed by atoms with Gasteiger partial charge in [0, 0.05) is 31.1 Å². The van der Waals surface area contributed by atoms with Crippen molar-refractivity contribution in [2.75, 3.05) is 32.7 Å². The number of nitrogens with zero attached hydrogens (tertiary/aromatic N) is 2. The number of hydrogen-bond donors (Lipinski definition) is 2. The van der Waals surface area contributed by atoms with Crippen molar-refractivity contribution < 1.29 is 4.79 Å². The number of amides is 1. The van der Waals surface area contributed by atoms with E-state index in [1.807, 2.05) is 11.8 Å². The zero-order valence-electron chi connectivity index (χ0n) is 14.2. The minimum absolute atomic E-state index is 0.131. The summed E-state index contributed by atoms with van der Waals surface area (Å²) in [7, 11) is 0. The highest BCUT2D eigenvalue weighted by Gasteiger charge is 2.17. The number of hydrogen-bond acceptors (Lipinski definition) is 3. The van der Waals surface area contributed by atoms with E-state index in [0.29, 0.717) is 5.92 Å². The van der Waals surface area contributed by atoms with E-state index in [2.05, 4.69) is 40.1 Å². The Labute approximate surface area is 143 Å². The van der Waals surface area contributed by atoms with Crippen LogP contribution in [0.25, 0.3) is 0 Å². The maximum atomic E-state index is 12.1. The van der Waals surface area contributed by atoms with E-state index in [1.54, 1.807) is 11.3 Å². The molecule has 0 aromatic carbocycles. The van der Waals surface area contributed by atoms with Gasteiger partial charge in [0.05, 0.1) is 0 Å². The van der Waals surface area contributed by atoms with Gasteiger partial charge >= 0.3 is 0 Å². The summed E-state index contributed by atoms with van der Waals surface area (Å²) >= 11 is 1.80. The third-order valence-corrected chi connectivity index (χ3v) is 4.82. The van der Waals surface area contributed by atoms with Gasteiger partial charge in [-0.1, -0.05) is 13.0 Å². The van der Waals surface area contributed by atoms with Gasteiger partial charge in [-0.15, -0.1) is 11.3 Å². The van der Waals surface area contributed by atoms with Crippen LogP contribution in [-0.4, -0.2) is 49.5 Å². The molecule has 1 aromatic rings. The van der Waals surface area contributed by atoms with E-state index in [9.17, 15) is 4.79 Å². The van der Waals surface area contributed by atoms with Crippen LogP contribution in [0.1, 0.15) is 31.6 Å². The molecule has 6 heteroatoms. The molecule has 1 unspecified atom stereocenters. The second-order valence-electron chi connectivity index (χ2n) is 6.05. The molecule has 2 N–H and O–H groups in total. The molecule has 23 heavy (non-hydrogen) atoms.